The average Bonchev–Trinajstić information content (AvgIpc) is 3.54. The molecule has 9 nitrogen and oxygen atoms in total. The number of rotatable bonds is 11. The fourth-order valence-electron chi connectivity index (χ4n) is 4.24. The first-order valence-electron chi connectivity index (χ1n) is 15.3. The molecule has 258 valence electrons. The fraction of sp³-hybridized carbons (Fsp3) is 0.471. The highest BCUT2D eigenvalue weighted by atomic mass is 35.5. The third-order valence-corrected chi connectivity index (χ3v) is 8.41. The number of carbonyl (C=O) groups excluding carboxylic acids is 3. The first kappa shape index (κ1) is 40.2. The minimum Gasteiger partial charge on any atom is -0.444 e. The minimum atomic E-state index is -1.31. The summed E-state index contributed by atoms with van der Waals surface area (Å²) in [6.45, 7) is 14.9. The average molecular weight is 731 g/mol. The Labute approximate surface area is 297 Å². The Morgan fingerprint density at radius 1 is 0.979 bits per heavy atom. The first-order valence-corrected chi connectivity index (χ1v) is 16.9. The number of anilines is 1. The van der Waals surface area contributed by atoms with Crippen molar-refractivity contribution in [2.45, 2.75) is 84.3 Å². The molecule has 3 atom stereocenters. The van der Waals surface area contributed by atoms with Crippen LogP contribution >= 0.6 is 46.4 Å². The van der Waals surface area contributed by atoms with Crippen molar-refractivity contribution in [1.29, 1.82) is 0 Å². The van der Waals surface area contributed by atoms with E-state index in [2.05, 4.69) is 15.8 Å². The SMILES string of the molecule is CCC(C)C(NC(=O)OC(C)(C)C)C(=O)NC(CN(C(=O)C(Cl)Cl)c1cccc(-c2ccno2)c1)C(C)C.Cc1c(Cl)cccc1Cl. The molecule has 1 aromatic heterocycles. The molecular formula is C34H44Cl4N4O5. The van der Waals surface area contributed by atoms with Crippen molar-refractivity contribution < 1.29 is 23.6 Å². The van der Waals surface area contributed by atoms with Gasteiger partial charge in [0.05, 0.1) is 6.20 Å². The van der Waals surface area contributed by atoms with Gasteiger partial charge in [-0.15, -0.1) is 0 Å². The van der Waals surface area contributed by atoms with Crippen LogP contribution in [-0.4, -0.2) is 52.1 Å². The molecule has 0 saturated carbocycles. The van der Waals surface area contributed by atoms with Crippen molar-refractivity contribution in [2.24, 2.45) is 11.8 Å². The summed E-state index contributed by atoms with van der Waals surface area (Å²) in [6.07, 6.45) is 1.51. The summed E-state index contributed by atoms with van der Waals surface area (Å²) < 4.78 is 10.6. The maximum absolute atomic E-state index is 13.4. The number of carbonyl (C=O) groups is 3. The molecule has 0 fully saturated rings. The van der Waals surface area contributed by atoms with Gasteiger partial charge in [-0.25, -0.2) is 4.79 Å². The Morgan fingerprint density at radius 2 is 1.60 bits per heavy atom. The van der Waals surface area contributed by atoms with Crippen molar-refractivity contribution in [2.75, 3.05) is 11.4 Å². The number of ether oxygens (including phenoxy) is 1. The van der Waals surface area contributed by atoms with E-state index in [1.807, 2.05) is 58.9 Å². The number of halogens is 4. The Kier molecular flexibility index (Phi) is 15.9. The molecule has 3 rings (SSSR count). The predicted molar refractivity (Wildman–Crippen MR) is 190 cm³/mol. The van der Waals surface area contributed by atoms with E-state index >= 15 is 0 Å². The van der Waals surface area contributed by atoms with E-state index in [1.54, 1.807) is 45.0 Å². The number of nitrogens with one attached hydrogen (secondary N) is 2. The van der Waals surface area contributed by atoms with Crippen molar-refractivity contribution in [3.05, 3.63) is 70.3 Å². The second-order valence-electron chi connectivity index (χ2n) is 12.4. The van der Waals surface area contributed by atoms with Crippen molar-refractivity contribution in [1.82, 2.24) is 15.8 Å². The van der Waals surface area contributed by atoms with Gasteiger partial charge in [-0.1, -0.05) is 104 Å². The topological polar surface area (TPSA) is 114 Å². The summed E-state index contributed by atoms with van der Waals surface area (Å²) in [6, 6.07) is 13.0. The molecular weight excluding hydrogens is 686 g/mol. The molecule has 3 amide bonds. The molecule has 3 aromatic rings. The zero-order chi connectivity index (χ0) is 35.5. The van der Waals surface area contributed by atoms with Gasteiger partial charge >= 0.3 is 6.09 Å². The van der Waals surface area contributed by atoms with Gasteiger partial charge in [-0.2, -0.15) is 0 Å². The van der Waals surface area contributed by atoms with Crippen LogP contribution in [0.25, 0.3) is 11.3 Å². The molecule has 0 aliphatic heterocycles. The summed E-state index contributed by atoms with van der Waals surface area (Å²) in [7, 11) is 0. The third-order valence-electron chi connectivity index (χ3n) is 7.21. The highest BCUT2D eigenvalue weighted by Crippen LogP contribution is 2.27. The number of alkyl carbamates (subject to hydrolysis) is 1. The number of aromatic nitrogens is 1. The largest absolute Gasteiger partial charge is 0.444 e. The standard InChI is InChI=1S/C27H38Cl2N4O5.C7H6Cl2/c1-8-17(4)22(32-26(36)37-27(5,6)7)24(34)31-20(16(2)3)15-33(25(35)23(28)29)19-11-9-10-18(14-19)21-12-13-30-38-21;1-5-6(8)3-2-4-7(5)9/h9-14,16-17,20,22-23H,8,15H2,1-7H3,(H,31,34)(H,32,36);2-4H,1H3. The number of benzene rings is 2. The highest BCUT2D eigenvalue weighted by molar-refractivity contribution is 6.54. The van der Waals surface area contributed by atoms with Crippen LogP contribution in [0.2, 0.25) is 10.0 Å². The molecule has 0 radical (unpaired) electrons. The quantitative estimate of drug-likeness (QED) is 0.191. The lowest BCUT2D eigenvalue weighted by Crippen LogP contribution is -2.57. The van der Waals surface area contributed by atoms with Crippen molar-refractivity contribution in [3.63, 3.8) is 0 Å². The van der Waals surface area contributed by atoms with E-state index in [0.717, 1.165) is 15.6 Å². The molecule has 1 heterocycles. The van der Waals surface area contributed by atoms with Gasteiger partial charge in [0.2, 0.25) is 5.91 Å². The second-order valence-corrected chi connectivity index (χ2v) is 14.3. The lowest BCUT2D eigenvalue weighted by atomic mass is 9.96. The van der Waals surface area contributed by atoms with Gasteiger partial charge in [0.1, 0.15) is 11.6 Å². The normalized spacial score (nSPS) is 13.2. The lowest BCUT2D eigenvalue weighted by Gasteiger charge is -2.33. The van der Waals surface area contributed by atoms with E-state index in [1.165, 1.54) is 11.1 Å². The van der Waals surface area contributed by atoms with Gasteiger partial charge in [-0.05, 0) is 69.4 Å². The van der Waals surface area contributed by atoms with Crippen LogP contribution in [0.1, 0.15) is 60.5 Å². The van der Waals surface area contributed by atoms with Crippen LogP contribution in [0, 0.1) is 18.8 Å². The van der Waals surface area contributed by atoms with Crippen LogP contribution in [-0.2, 0) is 14.3 Å². The zero-order valence-electron chi connectivity index (χ0n) is 27.9. The summed E-state index contributed by atoms with van der Waals surface area (Å²) in [5.41, 5.74) is 1.48. The smallest absolute Gasteiger partial charge is 0.408 e. The highest BCUT2D eigenvalue weighted by Gasteiger charge is 2.32. The fourth-order valence-corrected chi connectivity index (χ4v) is 4.88. The molecule has 0 aliphatic carbocycles. The summed E-state index contributed by atoms with van der Waals surface area (Å²) in [5.74, 6) is -0.615. The van der Waals surface area contributed by atoms with Crippen LogP contribution in [0.3, 0.4) is 0 Å². The zero-order valence-corrected chi connectivity index (χ0v) is 31.0. The monoisotopic (exact) mass is 728 g/mol. The van der Waals surface area contributed by atoms with E-state index in [4.69, 9.17) is 55.7 Å². The van der Waals surface area contributed by atoms with Gasteiger partial charge in [-0.3, -0.25) is 9.59 Å². The van der Waals surface area contributed by atoms with E-state index < -0.39 is 34.5 Å². The number of amides is 3. The maximum Gasteiger partial charge on any atom is 0.408 e. The van der Waals surface area contributed by atoms with E-state index in [9.17, 15) is 14.4 Å². The second kappa shape index (κ2) is 18.5. The number of nitrogens with zero attached hydrogens (tertiary/aromatic N) is 2. The minimum absolute atomic E-state index is 0.0742. The Morgan fingerprint density at radius 3 is 2.09 bits per heavy atom. The van der Waals surface area contributed by atoms with Crippen molar-refractivity contribution >= 4 is 70.0 Å². The van der Waals surface area contributed by atoms with Gasteiger partial charge in [0.25, 0.3) is 5.91 Å². The number of alkyl halides is 2. The molecule has 3 unspecified atom stereocenters. The van der Waals surface area contributed by atoms with Crippen LogP contribution in [0.5, 0.6) is 0 Å². The molecule has 13 heteroatoms. The molecule has 0 aliphatic rings. The van der Waals surface area contributed by atoms with Gasteiger partial charge in [0, 0.05) is 39.9 Å². The molecule has 0 saturated heterocycles. The number of hydrogen-bond acceptors (Lipinski definition) is 6. The first-order chi connectivity index (χ1) is 21.9. The van der Waals surface area contributed by atoms with Crippen molar-refractivity contribution in [3.8, 4) is 11.3 Å². The molecule has 47 heavy (non-hydrogen) atoms. The number of hydrogen-bond donors (Lipinski definition) is 2. The van der Waals surface area contributed by atoms with Crippen LogP contribution < -0.4 is 15.5 Å². The Bertz CT molecular complexity index is 1440. The Hall–Kier alpha value is -2.98. The summed E-state index contributed by atoms with van der Waals surface area (Å²) >= 11 is 23.5. The van der Waals surface area contributed by atoms with Gasteiger partial charge < -0.3 is 24.8 Å². The molecule has 0 spiro atoms. The summed E-state index contributed by atoms with van der Waals surface area (Å²) in [4.78, 5) is 39.1. The third kappa shape index (κ3) is 12.9. The van der Waals surface area contributed by atoms with E-state index in [0.29, 0.717) is 23.4 Å². The maximum atomic E-state index is 13.4. The summed E-state index contributed by atoms with van der Waals surface area (Å²) in [5, 5.41) is 10.9. The predicted octanol–water partition coefficient (Wildman–Crippen LogP) is 8.86. The lowest BCUT2D eigenvalue weighted by molar-refractivity contribution is -0.125. The van der Waals surface area contributed by atoms with Crippen LogP contribution in [0.4, 0.5) is 10.5 Å². The molecule has 0 bridgehead atoms. The van der Waals surface area contributed by atoms with Gasteiger partial charge in [0.15, 0.2) is 10.6 Å². The molecule has 2 N–H and O–H groups in total. The Balaban J connectivity index is 0.000000731. The molecule has 2 aromatic carbocycles. The van der Waals surface area contributed by atoms with Crippen LogP contribution in [0.15, 0.2) is 59.3 Å². The van der Waals surface area contributed by atoms with E-state index in [-0.39, 0.29) is 24.3 Å².